The Labute approximate surface area is 244 Å². The Morgan fingerprint density at radius 2 is 1.83 bits per heavy atom. The minimum atomic E-state index is -0.667. The zero-order valence-corrected chi connectivity index (χ0v) is 24.0. The van der Waals surface area contributed by atoms with E-state index in [4.69, 9.17) is 20.8 Å². The molecule has 0 radical (unpaired) electrons. The number of anilines is 2. The number of rotatable bonds is 6. The molecule has 5 heterocycles. The molecule has 4 aromatic rings. The zero-order chi connectivity index (χ0) is 29.4. The lowest BCUT2D eigenvalue weighted by molar-refractivity contribution is 0.169. The van der Waals surface area contributed by atoms with Crippen LogP contribution in [0, 0.1) is 28.9 Å². The van der Waals surface area contributed by atoms with Gasteiger partial charge < -0.3 is 15.5 Å². The molecule has 2 fully saturated rings. The molecule has 42 heavy (non-hydrogen) atoms. The van der Waals surface area contributed by atoms with Crippen molar-refractivity contribution in [2.24, 2.45) is 5.92 Å². The van der Waals surface area contributed by atoms with E-state index in [0.717, 1.165) is 62.9 Å². The molecular formula is C31H35F2N9. The number of nitrogens with zero attached hydrogens (tertiary/aromatic N) is 8. The Morgan fingerprint density at radius 3 is 2.55 bits per heavy atom. The highest BCUT2D eigenvalue weighted by Crippen LogP contribution is 2.32. The number of nitriles is 1. The van der Waals surface area contributed by atoms with E-state index >= 15 is 0 Å². The summed E-state index contributed by atoms with van der Waals surface area (Å²) in [5.41, 5.74) is 8.40. The van der Waals surface area contributed by atoms with Gasteiger partial charge in [0, 0.05) is 48.4 Å². The fourth-order valence-corrected chi connectivity index (χ4v) is 6.21. The fraction of sp³-hybridized carbons (Fsp3) is 0.452. The highest BCUT2D eigenvalue weighted by Gasteiger charge is 2.29. The van der Waals surface area contributed by atoms with E-state index < -0.39 is 11.6 Å². The Bertz CT molecular complexity index is 1640. The monoisotopic (exact) mass is 571 g/mol. The van der Waals surface area contributed by atoms with Gasteiger partial charge in [0.05, 0.1) is 11.3 Å². The summed E-state index contributed by atoms with van der Waals surface area (Å²) in [6.45, 7) is 7.89. The maximum absolute atomic E-state index is 14.9. The van der Waals surface area contributed by atoms with Gasteiger partial charge >= 0.3 is 0 Å². The third-order valence-corrected chi connectivity index (χ3v) is 8.56. The van der Waals surface area contributed by atoms with Gasteiger partial charge in [-0.1, -0.05) is 0 Å². The molecule has 1 aromatic carbocycles. The third kappa shape index (κ3) is 5.63. The number of piperidine rings is 2. The SMILES string of the molecule is CC(C)N1CCC(c2nc3cc(-c4ccc(F)cc4F)nc(N4CCCC(Cc5ccc(C#N)c(N)n5)C4)n3n2)CC1. The highest BCUT2D eigenvalue weighted by molar-refractivity contribution is 5.66. The van der Waals surface area contributed by atoms with E-state index in [9.17, 15) is 14.0 Å². The maximum atomic E-state index is 14.9. The number of likely N-dealkylation sites (tertiary alicyclic amines) is 1. The maximum Gasteiger partial charge on any atom is 0.229 e. The number of fused-ring (bicyclic) bond motifs is 1. The van der Waals surface area contributed by atoms with Crippen molar-refractivity contribution in [3.63, 3.8) is 0 Å². The Balaban J connectivity index is 1.34. The molecule has 0 spiro atoms. The van der Waals surface area contributed by atoms with Gasteiger partial charge in [0.15, 0.2) is 11.5 Å². The molecule has 1 atom stereocenters. The second-order valence-electron chi connectivity index (χ2n) is 11.7. The first-order chi connectivity index (χ1) is 20.3. The first kappa shape index (κ1) is 28.0. The predicted octanol–water partition coefficient (Wildman–Crippen LogP) is 4.97. The minimum Gasteiger partial charge on any atom is -0.383 e. The molecular weight excluding hydrogens is 536 g/mol. The summed E-state index contributed by atoms with van der Waals surface area (Å²) >= 11 is 0. The first-order valence-corrected chi connectivity index (χ1v) is 14.7. The molecule has 218 valence electrons. The number of nitrogen functional groups attached to an aromatic ring is 1. The number of nitrogens with two attached hydrogens (primary N) is 1. The van der Waals surface area contributed by atoms with Crippen LogP contribution in [0.15, 0.2) is 36.4 Å². The molecule has 0 amide bonds. The van der Waals surface area contributed by atoms with Crippen molar-refractivity contribution in [2.75, 3.05) is 36.8 Å². The van der Waals surface area contributed by atoms with Crippen LogP contribution in [0.2, 0.25) is 0 Å². The van der Waals surface area contributed by atoms with Gasteiger partial charge in [-0.05, 0) is 89.2 Å². The normalized spacial score (nSPS) is 18.6. The Hall–Kier alpha value is -4.17. The number of hydrogen-bond acceptors (Lipinski definition) is 8. The lowest BCUT2D eigenvalue weighted by Crippen LogP contribution is -2.38. The second-order valence-corrected chi connectivity index (χ2v) is 11.7. The van der Waals surface area contributed by atoms with E-state index in [0.29, 0.717) is 41.9 Å². The first-order valence-electron chi connectivity index (χ1n) is 14.7. The van der Waals surface area contributed by atoms with Gasteiger partial charge in [0.25, 0.3) is 0 Å². The number of aromatic nitrogens is 5. The van der Waals surface area contributed by atoms with Crippen LogP contribution in [-0.2, 0) is 6.42 Å². The van der Waals surface area contributed by atoms with Crippen LogP contribution in [0.1, 0.15) is 62.5 Å². The summed E-state index contributed by atoms with van der Waals surface area (Å²) in [5, 5.41) is 14.2. The van der Waals surface area contributed by atoms with Gasteiger partial charge in [-0.25, -0.2) is 23.7 Å². The fourth-order valence-electron chi connectivity index (χ4n) is 6.21. The summed E-state index contributed by atoms with van der Waals surface area (Å²) in [6, 6.07) is 11.4. The second kappa shape index (κ2) is 11.6. The van der Waals surface area contributed by atoms with E-state index in [-0.39, 0.29) is 23.2 Å². The van der Waals surface area contributed by atoms with Crippen LogP contribution in [0.25, 0.3) is 16.9 Å². The van der Waals surface area contributed by atoms with Crippen LogP contribution in [0.4, 0.5) is 20.5 Å². The van der Waals surface area contributed by atoms with Crippen LogP contribution < -0.4 is 10.6 Å². The quantitative estimate of drug-likeness (QED) is 0.346. The van der Waals surface area contributed by atoms with Crippen molar-refractivity contribution >= 4 is 17.4 Å². The summed E-state index contributed by atoms with van der Waals surface area (Å²) in [5.74, 6) is 0.830. The van der Waals surface area contributed by atoms with Crippen molar-refractivity contribution < 1.29 is 8.78 Å². The van der Waals surface area contributed by atoms with Gasteiger partial charge in [-0.15, -0.1) is 5.10 Å². The van der Waals surface area contributed by atoms with E-state index in [1.54, 1.807) is 16.6 Å². The molecule has 6 rings (SSSR count). The van der Waals surface area contributed by atoms with Crippen molar-refractivity contribution in [1.82, 2.24) is 29.5 Å². The molecule has 3 aromatic heterocycles. The molecule has 11 heteroatoms. The molecule has 0 saturated carbocycles. The van der Waals surface area contributed by atoms with E-state index in [1.165, 1.54) is 12.1 Å². The smallest absolute Gasteiger partial charge is 0.229 e. The van der Waals surface area contributed by atoms with Crippen LogP contribution >= 0.6 is 0 Å². The van der Waals surface area contributed by atoms with Gasteiger partial charge in [0.1, 0.15) is 23.5 Å². The van der Waals surface area contributed by atoms with Gasteiger partial charge in [-0.2, -0.15) is 9.78 Å². The Kier molecular flexibility index (Phi) is 7.73. The van der Waals surface area contributed by atoms with Gasteiger partial charge in [0.2, 0.25) is 5.95 Å². The number of hydrogen-bond donors (Lipinski definition) is 1. The summed E-state index contributed by atoms with van der Waals surface area (Å²) in [6.07, 6.45) is 4.60. The molecule has 2 saturated heterocycles. The molecule has 1 unspecified atom stereocenters. The predicted molar refractivity (Wildman–Crippen MR) is 157 cm³/mol. The number of pyridine rings is 1. The highest BCUT2D eigenvalue weighted by atomic mass is 19.1. The molecule has 0 bridgehead atoms. The van der Waals surface area contributed by atoms with Crippen LogP contribution in [0.3, 0.4) is 0 Å². The Morgan fingerprint density at radius 1 is 1.02 bits per heavy atom. The summed E-state index contributed by atoms with van der Waals surface area (Å²) in [7, 11) is 0. The molecule has 2 N–H and O–H groups in total. The summed E-state index contributed by atoms with van der Waals surface area (Å²) in [4.78, 5) is 18.9. The number of benzene rings is 1. The molecule has 2 aliphatic heterocycles. The van der Waals surface area contributed by atoms with Crippen LogP contribution in [-0.4, -0.2) is 61.7 Å². The van der Waals surface area contributed by atoms with Crippen molar-refractivity contribution in [3.05, 3.63) is 65.1 Å². The van der Waals surface area contributed by atoms with Gasteiger partial charge in [-0.3, -0.25) is 0 Å². The minimum absolute atomic E-state index is 0.223. The van der Waals surface area contributed by atoms with Crippen molar-refractivity contribution in [3.8, 4) is 17.3 Å². The van der Waals surface area contributed by atoms with E-state index in [2.05, 4.69) is 34.7 Å². The molecule has 9 nitrogen and oxygen atoms in total. The average Bonchev–Trinajstić information content (AvgIpc) is 3.41. The number of halogens is 2. The lowest BCUT2D eigenvalue weighted by Gasteiger charge is -2.34. The third-order valence-electron chi connectivity index (χ3n) is 8.56. The zero-order valence-electron chi connectivity index (χ0n) is 24.0. The van der Waals surface area contributed by atoms with E-state index in [1.807, 2.05) is 6.07 Å². The van der Waals surface area contributed by atoms with Crippen LogP contribution in [0.5, 0.6) is 0 Å². The van der Waals surface area contributed by atoms with Crippen molar-refractivity contribution in [2.45, 2.75) is 57.9 Å². The average molecular weight is 572 g/mol. The van der Waals surface area contributed by atoms with Crippen molar-refractivity contribution in [1.29, 1.82) is 5.26 Å². The topological polar surface area (TPSA) is 112 Å². The molecule has 0 aliphatic carbocycles. The summed E-state index contributed by atoms with van der Waals surface area (Å²) < 4.78 is 30.4. The molecule has 2 aliphatic rings. The lowest BCUT2D eigenvalue weighted by atomic mass is 9.93. The standard InChI is InChI=1S/C31H35F2N9/c1-19(2)40-12-9-21(10-13-40)30-38-28-16-27(25-8-6-23(32)15-26(25)33)37-31(42(28)39-30)41-11-3-4-20(18-41)14-24-7-5-22(17-34)29(35)36-24/h5-8,15-16,19-21H,3-4,9-14,18H2,1-2H3,(H2,35,36). The largest absolute Gasteiger partial charge is 0.383 e.